The smallest absolute Gasteiger partial charge is 0.337 e. The van der Waals surface area contributed by atoms with Crippen LogP contribution in [0, 0.1) is 11.8 Å². The largest absolute Gasteiger partial charge is 0.466 e. The second-order valence-corrected chi connectivity index (χ2v) is 4.20. The molecule has 5 heteroatoms. The molecule has 0 saturated heterocycles. The fraction of sp³-hybridized carbons (Fsp3) is 0.231. The van der Waals surface area contributed by atoms with Crippen molar-refractivity contribution in [3.8, 4) is 11.8 Å². The quantitative estimate of drug-likeness (QED) is 0.474. The summed E-state index contributed by atoms with van der Waals surface area (Å²) in [4.78, 5) is 23.1. The summed E-state index contributed by atoms with van der Waals surface area (Å²) in [5.41, 5.74) is -0.00300. The molecule has 0 N–H and O–H groups in total. The molecule has 1 atom stereocenters. The zero-order valence-electron chi connectivity index (χ0n) is 10.1. The van der Waals surface area contributed by atoms with Crippen molar-refractivity contribution in [2.45, 2.75) is 13.0 Å². The number of esters is 2. The van der Waals surface area contributed by atoms with Gasteiger partial charge in [0.15, 0.2) is 6.10 Å². The van der Waals surface area contributed by atoms with E-state index in [4.69, 9.17) is 4.74 Å². The van der Waals surface area contributed by atoms with Gasteiger partial charge in [-0.1, -0.05) is 18.6 Å². The molecule has 94 valence electrons. The van der Waals surface area contributed by atoms with E-state index < -0.39 is 18.0 Å². The molecule has 18 heavy (non-hydrogen) atoms. The zero-order valence-corrected chi connectivity index (χ0v) is 10.9. The monoisotopic (exact) mass is 264 g/mol. The lowest BCUT2D eigenvalue weighted by molar-refractivity contribution is -0.144. The minimum absolute atomic E-state index is 0.00300. The molecule has 0 aromatic carbocycles. The SMILES string of the molecule is C=C(C(=O)OC)C(C#Cc1cccs1)OC(C)=O. The van der Waals surface area contributed by atoms with E-state index in [2.05, 4.69) is 23.2 Å². The molecule has 0 spiro atoms. The second-order valence-electron chi connectivity index (χ2n) is 3.25. The van der Waals surface area contributed by atoms with Crippen LogP contribution in [0.4, 0.5) is 0 Å². The summed E-state index contributed by atoms with van der Waals surface area (Å²) in [5.74, 6) is 4.31. The Morgan fingerprint density at radius 2 is 2.22 bits per heavy atom. The first-order valence-corrected chi connectivity index (χ1v) is 5.92. The third-order valence-electron chi connectivity index (χ3n) is 1.90. The first kappa shape index (κ1) is 14.0. The molecule has 0 aliphatic rings. The Kier molecular flexibility index (Phi) is 5.15. The molecule has 0 saturated carbocycles. The van der Waals surface area contributed by atoms with Gasteiger partial charge in [0.2, 0.25) is 0 Å². The molecular weight excluding hydrogens is 252 g/mol. The predicted molar refractivity (Wildman–Crippen MR) is 67.9 cm³/mol. The van der Waals surface area contributed by atoms with Gasteiger partial charge < -0.3 is 9.47 Å². The molecule has 1 aromatic heterocycles. The topological polar surface area (TPSA) is 52.6 Å². The van der Waals surface area contributed by atoms with Gasteiger partial charge in [-0.3, -0.25) is 4.79 Å². The number of hydrogen-bond donors (Lipinski definition) is 0. The van der Waals surface area contributed by atoms with Crippen molar-refractivity contribution >= 4 is 23.3 Å². The van der Waals surface area contributed by atoms with E-state index in [9.17, 15) is 9.59 Å². The Hall–Kier alpha value is -2.06. The van der Waals surface area contributed by atoms with Gasteiger partial charge >= 0.3 is 11.9 Å². The molecule has 0 amide bonds. The van der Waals surface area contributed by atoms with Crippen LogP contribution in [0.15, 0.2) is 29.7 Å². The van der Waals surface area contributed by atoms with Crippen molar-refractivity contribution in [2.24, 2.45) is 0 Å². The van der Waals surface area contributed by atoms with Gasteiger partial charge in [-0.05, 0) is 17.4 Å². The fourth-order valence-electron chi connectivity index (χ4n) is 1.08. The highest BCUT2D eigenvalue weighted by molar-refractivity contribution is 7.10. The van der Waals surface area contributed by atoms with Gasteiger partial charge in [0.1, 0.15) is 0 Å². The Balaban J connectivity index is 2.88. The van der Waals surface area contributed by atoms with E-state index >= 15 is 0 Å². The van der Waals surface area contributed by atoms with Crippen LogP contribution in [-0.4, -0.2) is 25.2 Å². The molecule has 1 aromatic rings. The first-order chi connectivity index (χ1) is 8.54. The molecule has 0 fully saturated rings. The number of carbonyl (C=O) groups excluding carboxylic acids is 2. The Bertz CT molecular complexity index is 505. The molecule has 0 aliphatic heterocycles. The van der Waals surface area contributed by atoms with E-state index in [0.717, 1.165) is 4.88 Å². The van der Waals surface area contributed by atoms with Gasteiger partial charge in [-0.2, -0.15) is 0 Å². The van der Waals surface area contributed by atoms with Crippen molar-refractivity contribution in [1.29, 1.82) is 0 Å². The standard InChI is InChI=1S/C13H12O4S/c1-9(13(15)16-3)12(17-10(2)14)7-6-11-5-4-8-18-11/h4-5,8,12H,1H2,2-3H3. The Morgan fingerprint density at radius 1 is 1.50 bits per heavy atom. The number of carbonyl (C=O) groups is 2. The normalized spacial score (nSPS) is 10.8. The van der Waals surface area contributed by atoms with Crippen LogP contribution in [0.3, 0.4) is 0 Å². The van der Waals surface area contributed by atoms with Crippen molar-refractivity contribution in [3.05, 3.63) is 34.5 Å². The van der Waals surface area contributed by atoms with E-state index in [1.54, 1.807) is 0 Å². The van der Waals surface area contributed by atoms with Crippen molar-refractivity contribution < 1.29 is 19.1 Å². The molecule has 1 rings (SSSR count). The molecule has 0 radical (unpaired) electrons. The summed E-state index contributed by atoms with van der Waals surface area (Å²) in [6, 6.07) is 3.67. The van der Waals surface area contributed by atoms with Crippen LogP contribution in [0.5, 0.6) is 0 Å². The van der Waals surface area contributed by atoms with E-state index in [1.807, 2.05) is 17.5 Å². The number of thiophene rings is 1. The van der Waals surface area contributed by atoms with Crippen LogP contribution in [-0.2, 0) is 19.1 Å². The highest BCUT2D eigenvalue weighted by atomic mass is 32.1. The summed E-state index contributed by atoms with van der Waals surface area (Å²) in [6.45, 7) is 4.77. The van der Waals surface area contributed by atoms with Gasteiger partial charge in [0.25, 0.3) is 0 Å². The third kappa shape index (κ3) is 4.07. The van der Waals surface area contributed by atoms with Crippen molar-refractivity contribution in [1.82, 2.24) is 0 Å². The molecule has 4 nitrogen and oxygen atoms in total. The number of rotatable bonds is 3. The fourth-order valence-corrected chi connectivity index (χ4v) is 1.66. The minimum atomic E-state index is -0.989. The lowest BCUT2D eigenvalue weighted by Crippen LogP contribution is -2.22. The number of hydrogen-bond acceptors (Lipinski definition) is 5. The zero-order chi connectivity index (χ0) is 13.5. The van der Waals surface area contributed by atoms with E-state index in [1.165, 1.54) is 25.4 Å². The maximum Gasteiger partial charge on any atom is 0.337 e. The lowest BCUT2D eigenvalue weighted by Gasteiger charge is -2.11. The van der Waals surface area contributed by atoms with Crippen LogP contribution >= 0.6 is 11.3 Å². The molecule has 0 aliphatic carbocycles. The predicted octanol–water partition coefficient (Wildman–Crippen LogP) is 1.76. The first-order valence-electron chi connectivity index (χ1n) is 5.04. The molecule has 0 bridgehead atoms. The summed E-state index contributed by atoms with van der Waals surface area (Å²) >= 11 is 1.45. The van der Waals surface area contributed by atoms with Gasteiger partial charge in [-0.15, -0.1) is 11.3 Å². The minimum Gasteiger partial charge on any atom is -0.466 e. The lowest BCUT2D eigenvalue weighted by atomic mass is 10.1. The van der Waals surface area contributed by atoms with E-state index in [0.29, 0.717) is 0 Å². The van der Waals surface area contributed by atoms with Crippen LogP contribution < -0.4 is 0 Å². The third-order valence-corrected chi connectivity index (χ3v) is 2.68. The summed E-state index contributed by atoms with van der Waals surface area (Å²) in [5, 5.41) is 1.87. The number of methoxy groups -OCH3 is 1. The van der Waals surface area contributed by atoms with Crippen molar-refractivity contribution in [2.75, 3.05) is 7.11 Å². The highest BCUT2D eigenvalue weighted by Gasteiger charge is 2.20. The molecule has 1 unspecified atom stereocenters. The summed E-state index contributed by atoms with van der Waals surface area (Å²) in [6.07, 6.45) is -0.989. The van der Waals surface area contributed by atoms with Gasteiger partial charge in [0.05, 0.1) is 17.6 Å². The molecular formula is C13H12O4S. The van der Waals surface area contributed by atoms with E-state index in [-0.39, 0.29) is 5.57 Å². The number of ether oxygens (including phenoxy) is 2. The summed E-state index contributed by atoms with van der Waals surface area (Å²) < 4.78 is 9.44. The molecule has 1 heterocycles. The van der Waals surface area contributed by atoms with Crippen molar-refractivity contribution in [3.63, 3.8) is 0 Å². The van der Waals surface area contributed by atoms with Gasteiger partial charge in [-0.25, -0.2) is 4.79 Å². The summed E-state index contributed by atoms with van der Waals surface area (Å²) in [7, 11) is 1.23. The second kappa shape index (κ2) is 6.62. The maximum atomic E-state index is 11.3. The maximum absolute atomic E-state index is 11.3. The van der Waals surface area contributed by atoms with Gasteiger partial charge in [0, 0.05) is 6.92 Å². The Morgan fingerprint density at radius 3 is 2.72 bits per heavy atom. The van der Waals surface area contributed by atoms with Crippen LogP contribution in [0.2, 0.25) is 0 Å². The Labute approximate surface area is 109 Å². The highest BCUT2D eigenvalue weighted by Crippen LogP contribution is 2.09. The average molecular weight is 264 g/mol. The van der Waals surface area contributed by atoms with Crippen LogP contribution in [0.1, 0.15) is 11.8 Å². The van der Waals surface area contributed by atoms with Crippen LogP contribution in [0.25, 0.3) is 0 Å². The average Bonchev–Trinajstić information content (AvgIpc) is 2.85.